The van der Waals surface area contributed by atoms with Crippen molar-refractivity contribution in [2.75, 3.05) is 6.61 Å². The van der Waals surface area contributed by atoms with E-state index in [1.165, 1.54) is 64.2 Å². The lowest BCUT2D eigenvalue weighted by Gasteiger charge is -2.37. The first kappa shape index (κ1) is 16.1. The SMILES string of the molecule is CCC/C=C/C1CCC(C2CCC(OCC)CC2)CC1. The molecule has 0 atom stereocenters. The Morgan fingerprint density at radius 2 is 1.45 bits per heavy atom. The van der Waals surface area contributed by atoms with E-state index in [4.69, 9.17) is 4.74 Å². The van der Waals surface area contributed by atoms with Crippen molar-refractivity contribution in [3.63, 3.8) is 0 Å². The highest BCUT2D eigenvalue weighted by Crippen LogP contribution is 2.40. The molecule has 0 spiro atoms. The van der Waals surface area contributed by atoms with Crippen molar-refractivity contribution < 1.29 is 4.74 Å². The van der Waals surface area contributed by atoms with Crippen LogP contribution in [0.1, 0.15) is 78.1 Å². The fourth-order valence-electron chi connectivity index (χ4n) is 4.23. The van der Waals surface area contributed by atoms with Gasteiger partial charge in [-0.05, 0) is 82.5 Å². The Kier molecular flexibility index (Phi) is 7.13. The van der Waals surface area contributed by atoms with Crippen LogP contribution in [0.2, 0.25) is 0 Å². The van der Waals surface area contributed by atoms with Gasteiger partial charge in [-0.15, -0.1) is 0 Å². The fourth-order valence-corrected chi connectivity index (χ4v) is 4.23. The van der Waals surface area contributed by atoms with Gasteiger partial charge in [-0.1, -0.05) is 25.5 Å². The van der Waals surface area contributed by atoms with E-state index < -0.39 is 0 Å². The Labute approximate surface area is 126 Å². The van der Waals surface area contributed by atoms with Crippen molar-refractivity contribution >= 4 is 0 Å². The number of allylic oxidation sites excluding steroid dienone is 2. The molecule has 2 aliphatic carbocycles. The number of hydrogen-bond donors (Lipinski definition) is 0. The van der Waals surface area contributed by atoms with Crippen molar-refractivity contribution in [2.24, 2.45) is 17.8 Å². The molecule has 2 saturated carbocycles. The summed E-state index contributed by atoms with van der Waals surface area (Å²) in [5.74, 6) is 2.92. The molecule has 0 aromatic carbocycles. The topological polar surface area (TPSA) is 9.23 Å². The van der Waals surface area contributed by atoms with E-state index in [1.807, 2.05) is 0 Å². The Morgan fingerprint density at radius 1 is 0.850 bits per heavy atom. The molecular weight excluding hydrogens is 244 g/mol. The molecular formula is C19H34O. The molecule has 2 aliphatic rings. The van der Waals surface area contributed by atoms with Crippen molar-refractivity contribution in [1.82, 2.24) is 0 Å². The Bertz CT molecular complexity index is 267. The van der Waals surface area contributed by atoms with Crippen LogP contribution < -0.4 is 0 Å². The van der Waals surface area contributed by atoms with E-state index in [-0.39, 0.29) is 0 Å². The molecule has 0 bridgehead atoms. The van der Waals surface area contributed by atoms with E-state index in [9.17, 15) is 0 Å². The third-order valence-corrected chi connectivity index (χ3v) is 5.47. The van der Waals surface area contributed by atoms with E-state index in [0.717, 1.165) is 24.4 Å². The van der Waals surface area contributed by atoms with Gasteiger partial charge in [0.05, 0.1) is 6.10 Å². The van der Waals surface area contributed by atoms with Gasteiger partial charge in [-0.2, -0.15) is 0 Å². The van der Waals surface area contributed by atoms with Gasteiger partial charge in [-0.3, -0.25) is 0 Å². The second-order valence-electron chi connectivity index (χ2n) is 6.88. The maximum atomic E-state index is 5.78. The second-order valence-corrected chi connectivity index (χ2v) is 6.88. The first-order valence-electron chi connectivity index (χ1n) is 9.11. The predicted molar refractivity (Wildman–Crippen MR) is 86.9 cm³/mol. The van der Waals surface area contributed by atoms with Gasteiger partial charge >= 0.3 is 0 Å². The fraction of sp³-hybridized carbons (Fsp3) is 0.895. The Morgan fingerprint density at radius 3 is 2.00 bits per heavy atom. The molecule has 1 heteroatoms. The molecule has 0 N–H and O–H groups in total. The summed E-state index contributed by atoms with van der Waals surface area (Å²) in [6.07, 6.45) is 19.4. The van der Waals surface area contributed by atoms with Crippen LogP contribution in [0, 0.1) is 17.8 Å². The van der Waals surface area contributed by atoms with Gasteiger partial charge in [-0.25, -0.2) is 0 Å². The normalized spacial score (nSPS) is 35.5. The van der Waals surface area contributed by atoms with Crippen LogP contribution in [-0.2, 0) is 4.74 Å². The van der Waals surface area contributed by atoms with Gasteiger partial charge in [0.1, 0.15) is 0 Å². The van der Waals surface area contributed by atoms with Gasteiger partial charge in [0.25, 0.3) is 0 Å². The molecule has 0 unspecified atom stereocenters. The van der Waals surface area contributed by atoms with Gasteiger partial charge in [0, 0.05) is 6.61 Å². The van der Waals surface area contributed by atoms with Crippen molar-refractivity contribution in [3.05, 3.63) is 12.2 Å². The summed E-state index contributed by atoms with van der Waals surface area (Å²) in [5.41, 5.74) is 0. The first-order valence-corrected chi connectivity index (χ1v) is 9.11. The van der Waals surface area contributed by atoms with E-state index in [0.29, 0.717) is 6.10 Å². The summed E-state index contributed by atoms with van der Waals surface area (Å²) >= 11 is 0. The lowest BCUT2D eigenvalue weighted by molar-refractivity contribution is 0.0142. The Hall–Kier alpha value is -0.300. The van der Waals surface area contributed by atoms with Crippen LogP contribution in [-0.4, -0.2) is 12.7 Å². The second kappa shape index (κ2) is 8.87. The highest BCUT2D eigenvalue weighted by Gasteiger charge is 2.30. The minimum absolute atomic E-state index is 0.574. The van der Waals surface area contributed by atoms with E-state index in [2.05, 4.69) is 26.0 Å². The van der Waals surface area contributed by atoms with Crippen LogP contribution >= 0.6 is 0 Å². The molecule has 116 valence electrons. The molecule has 20 heavy (non-hydrogen) atoms. The maximum absolute atomic E-state index is 5.78. The molecule has 2 fully saturated rings. The van der Waals surface area contributed by atoms with Crippen LogP contribution in [0.4, 0.5) is 0 Å². The van der Waals surface area contributed by atoms with Gasteiger partial charge < -0.3 is 4.74 Å². The average molecular weight is 278 g/mol. The summed E-state index contributed by atoms with van der Waals surface area (Å²) in [5, 5.41) is 0. The molecule has 0 aromatic heterocycles. The third-order valence-electron chi connectivity index (χ3n) is 5.47. The predicted octanol–water partition coefficient (Wildman–Crippen LogP) is 5.74. The summed E-state index contributed by atoms with van der Waals surface area (Å²) in [6.45, 7) is 5.28. The number of unbranched alkanes of at least 4 members (excludes halogenated alkanes) is 1. The third kappa shape index (κ3) is 4.91. The minimum Gasteiger partial charge on any atom is -0.379 e. The zero-order valence-electron chi connectivity index (χ0n) is 13.7. The van der Waals surface area contributed by atoms with Crippen LogP contribution in [0.15, 0.2) is 12.2 Å². The average Bonchev–Trinajstić information content (AvgIpc) is 2.49. The monoisotopic (exact) mass is 278 g/mol. The molecule has 0 radical (unpaired) electrons. The molecule has 0 amide bonds. The van der Waals surface area contributed by atoms with Crippen molar-refractivity contribution in [1.29, 1.82) is 0 Å². The smallest absolute Gasteiger partial charge is 0.0575 e. The van der Waals surface area contributed by atoms with Gasteiger partial charge in [0.2, 0.25) is 0 Å². The van der Waals surface area contributed by atoms with Crippen molar-refractivity contribution in [3.8, 4) is 0 Å². The highest BCUT2D eigenvalue weighted by molar-refractivity contribution is 4.92. The summed E-state index contributed by atoms with van der Waals surface area (Å²) in [4.78, 5) is 0. The van der Waals surface area contributed by atoms with Crippen molar-refractivity contribution in [2.45, 2.75) is 84.2 Å². The summed E-state index contributed by atoms with van der Waals surface area (Å²) < 4.78 is 5.78. The molecule has 1 nitrogen and oxygen atoms in total. The standard InChI is InChI=1S/C19H34O/c1-3-5-6-7-16-8-10-17(11-9-16)18-12-14-19(15-13-18)20-4-2/h6-7,16-19H,3-5,8-15H2,1-2H3/b7-6+. The van der Waals surface area contributed by atoms with Crippen LogP contribution in [0.25, 0.3) is 0 Å². The van der Waals surface area contributed by atoms with Crippen LogP contribution in [0.3, 0.4) is 0 Å². The molecule has 0 heterocycles. The van der Waals surface area contributed by atoms with E-state index >= 15 is 0 Å². The largest absolute Gasteiger partial charge is 0.379 e. The molecule has 0 saturated heterocycles. The number of ether oxygens (including phenoxy) is 1. The minimum atomic E-state index is 0.574. The number of hydrogen-bond acceptors (Lipinski definition) is 1. The zero-order chi connectivity index (χ0) is 14.2. The molecule has 2 rings (SSSR count). The number of rotatable bonds is 6. The summed E-state index contributed by atoms with van der Waals surface area (Å²) in [6, 6.07) is 0. The Balaban J connectivity index is 1.67. The zero-order valence-corrected chi connectivity index (χ0v) is 13.7. The van der Waals surface area contributed by atoms with Gasteiger partial charge in [0.15, 0.2) is 0 Å². The quantitative estimate of drug-likeness (QED) is 0.562. The molecule has 0 aromatic rings. The maximum Gasteiger partial charge on any atom is 0.0575 e. The summed E-state index contributed by atoms with van der Waals surface area (Å²) in [7, 11) is 0. The van der Waals surface area contributed by atoms with E-state index in [1.54, 1.807) is 0 Å². The lowest BCUT2D eigenvalue weighted by atomic mass is 9.70. The first-order chi connectivity index (χ1) is 9.83. The van der Waals surface area contributed by atoms with Crippen LogP contribution in [0.5, 0.6) is 0 Å². The molecule has 0 aliphatic heterocycles. The highest BCUT2D eigenvalue weighted by atomic mass is 16.5. The lowest BCUT2D eigenvalue weighted by Crippen LogP contribution is -2.28.